The molecule has 33 heavy (non-hydrogen) atoms. The zero-order chi connectivity index (χ0) is 25.9. The van der Waals surface area contributed by atoms with Crippen LogP contribution in [0.25, 0.3) is 0 Å². The van der Waals surface area contributed by atoms with Gasteiger partial charge in [0.15, 0.2) is 8.32 Å². The number of carbonyl (C=O) groups excluding carboxylic acids is 2. The first-order valence-electron chi connectivity index (χ1n) is 11.2. The summed E-state index contributed by atoms with van der Waals surface area (Å²) in [5.41, 5.74) is 3.89. The van der Waals surface area contributed by atoms with Crippen LogP contribution < -0.4 is 11.1 Å². The van der Waals surface area contributed by atoms with Crippen LogP contribution in [0.1, 0.15) is 54.4 Å². The number of nitrogens with one attached hydrogen (secondary N) is 1. The van der Waals surface area contributed by atoms with Gasteiger partial charge in [0.1, 0.15) is 11.6 Å². The molecule has 1 rings (SSSR count). The first kappa shape index (κ1) is 29.8. The predicted octanol–water partition coefficient (Wildman–Crippen LogP) is 2.20. The number of hydrogen-bond donors (Lipinski definition) is 2. The van der Waals surface area contributed by atoms with Crippen molar-refractivity contribution >= 4 is 30.4 Å². The fourth-order valence-corrected chi connectivity index (χ4v) is 4.65. The van der Waals surface area contributed by atoms with E-state index in [-0.39, 0.29) is 24.8 Å². The Hall–Kier alpha value is -1.21. The molecule has 0 aromatic rings. The van der Waals surface area contributed by atoms with Crippen LogP contribution in [0, 0.1) is 0 Å². The number of nitrogens with zero attached hydrogens (tertiary/aromatic N) is 1. The Morgan fingerprint density at radius 2 is 1.76 bits per heavy atom. The Morgan fingerprint density at radius 1 is 1.18 bits per heavy atom. The molecule has 12 heteroatoms. The summed E-state index contributed by atoms with van der Waals surface area (Å²) in [7, 11) is -5.88. The molecule has 1 unspecified atom stereocenters. The molecular formula is C21H43N3O7SSi. The van der Waals surface area contributed by atoms with Crippen LogP contribution in [0.3, 0.4) is 0 Å². The van der Waals surface area contributed by atoms with Gasteiger partial charge in [-0.3, -0.25) is 13.9 Å². The highest BCUT2D eigenvalue weighted by atomic mass is 32.2. The summed E-state index contributed by atoms with van der Waals surface area (Å²) in [6.07, 6.45) is 1.51. The van der Waals surface area contributed by atoms with Gasteiger partial charge in [-0.2, -0.15) is 8.42 Å². The molecule has 1 heterocycles. The SMILES string of the molecule is CC(C)(C)OC(=O)N1CCCC1(CN[C@@H](CO[Si](C)(C)C(C)(C)C)C(N)=O)COS(C)(=O)=O. The van der Waals surface area contributed by atoms with E-state index in [1.54, 1.807) is 20.8 Å². The quantitative estimate of drug-likeness (QED) is 0.338. The number of rotatable bonds is 10. The van der Waals surface area contributed by atoms with Crippen LogP contribution in [-0.2, 0) is 28.3 Å². The summed E-state index contributed by atoms with van der Waals surface area (Å²) in [5, 5.41) is 3.07. The molecule has 1 fully saturated rings. The van der Waals surface area contributed by atoms with Crippen molar-refractivity contribution in [2.24, 2.45) is 5.73 Å². The predicted molar refractivity (Wildman–Crippen MR) is 130 cm³/mol. The van der Waals surface area contributed by atoms with Crippen LogP contribution in [0.5, 0.6) is 0 Å². The maximum Gasteiger partial charge on any atom is 0.410 e. The normalized spacial score (nSPS) is 21.2. The molecule has 0 aromatic carbocycles. The molecule has 194 valence electrons. The van der Waals surface area contributed by atoms with Crippen molar-refractivity contribution in [2.75, 3.05) is 32.6 Å². The zero-order valence-electron chi connectivity index (χ0n) is 21.6. The Balaban J connectivity index is 3.09. The van der Waals surface area contributed by atoms with Crippen molar-refractivity contribution in [1.29, 1.82) is 0 Å². The average Bonchev–Trinajstić information content (AvgIpc) is 3.01. The minimum Gasteiger partial charge on any atom is -0.444 e. The number of nitrogens with two attached hydrogens (primary N) is 1. The number of hydrogen-bond acceptors (Lipinski definition) is 8. The molecule has 0 aromatic heterocycles. The zero-order valence-corrected chi connectivity index (χ0v) is 23.4. The van der Waals surface area contributed by atoms with Gasteiger partial charge in [-0.05, 0) is 51.7 Å². The first-order valence-corrected chi connectivity index (χ1v) is 15.9. The third-order valence-corrected chi connectivity index (χ3v) is 11.2. The van der Waals surface area contributed by atoms with Crippen molar-refractivity contribution in [1.82, 2.24) is 10.2 Å². The lowest BCUT2D eigenvalue weighted by Gasteiger charge is -2.40. The van der Waals surface area contributed by atoms with Crippen molar-refractivity contribution in [3.63, 3.8) is 0 Å². The summed E-state index contributed by atoms with van der Waals surface area (Å²) in [6, 6.07) is -0.810. The van der Waals surface area contributed by atoms with Crippen LogP contribution in [0.2, 0.25) is 18.1 Å². The summed E-state index contributed by atoms with van der Waals surface area (Å²) < 4.78 is 40.3. The van der Waals surface area contributed by atoms with Gasteiger partial charge in [0.05, 0.1) is 25.0 Å². The van der Waals surface area contributed by atoms with Crippen molar-refractivity contribution < 1.29 is 31.4 Å². The summed E-state index contributed by atoms with van der Waals surface area (Å²) in [4.78, 5) is 26.6. The number of likely N-dealkylation sites (tertiary alicyclic amines) is 1. The highest BCUT2D eigenvalue weighted by molar-refractivity contribution is 7.85. The van der Waals surface area contributed by atoms with Crippen LogP contribution in [0.4, 0.5) is 4.79 Å². The molecule has 1 aliphatic heterocycles. The Bertz CT molecular complexity index is 806. The Morgan fingerprint density at radius 3 is 2.21 bits per heavy atom. The fourth-order valence-electron chi connectivity index (χ4n) is 3.20. The summed E-state index contributed by atoms with van der Waals surface area (Å²) in [6.45, 7) is 16.0. The molecule has 0 radical (unpaired) electrons. The Kier molecular flexibility index (Phi) is 9.57. The average molecular weight is 510 g/mol. The van der Waals surface area contributed by atoms with E-state index >= 15 is 0 Å². The standard InChI is InChI=1S/C21H43N3O7SSi/c1-19(2,3)31-18(26)24-12-10-11-21(24,15-29-32(7,27)28)14-23-16(17(22)25)13-30-33(8,9)20(4,5)6/h16,23H,10-15H2,1-9H3,(H2,22,25)/t16-,21?/m0/s1. The monoisotopic (exact) mass is 509 g/mol. The van der Waals surface area contributed by atoms with Gasteiger partial charge in [-0.25, -0.2) is 4.79 Å². The van der Waals surface area contributed by atoms with E-state index in [2.05, 4.69) is 39.2 Å². The van der Waals surface area contributed by atoms with Crippen LogP contribution >= 0.6 is 0 Å². The van der Waals surface area contributed by atoms with E-state index in [1.165, 1.54) is 4.90 Å². The molecule has 1 aliphatic rings. The van der Waals surface area contributed by atoms with Crippen LogP contribution in [-0.4, -0.2) is 83.4 Å². The molecule has 3 N–H and O–H groups in total. The third-order valence-electron chi connectivity index (χ3n) is 6.19. The Labute approximate surface area is 200 Å². The summed E-state index contributed by atoms with van der Waals surface area (Å²) >= 11 is 0. The molecular weight excluding hydrogens is 466 g/mol. The van der Waals surface area contributed by atoms with Gasteiger partial charge in [0, 0.05) is 13.1 Å². The van der Waals surface area contributed by atoms with E-state index < -0.39 is 47.6 Å². The van der Waals surface area contributed by atoms with Crippen LogP contribution in [0.15, 0.2) is 0 Å². The van der Waals surface area contributed by atoms with Gasteiger partial charge < -0.3 is 20.2 Å². The molecule has 1 saturated heterocycles. The largest absolute Gasteiger partial charge is 0.444 e. The smallest absolute Gasteiger partial charge is 0.410 e. The van der Waals surface area contributed by atoms with E-state index in [0.29, 0.717) is 19.4 Å². The molecule has 0 bridgehead atoms. The van der Waals surface area contributed by atoms with E-state index in [9.17, 15) is 18.0 Å². The van der Waals surface area contributed by atoms with Gasteiger partial charge in [0.25, 0.3) is 10.1 Å². The highest BCUT2D eigenvalue weighted by Crippen LogP contribution is 2.36. The van der Waals surface area contributed by atoms with E-state index in [0.717, 1.165) is 6.26 Å². The highest BCUT2D eigenvalue weighted by Gasteiger charge is 2.47. The van der Waals surface area contributed by atoms with Gasteiger partial charge in [0.2, 0.25) is 5.91 Å². The second kappa shape index (κ2) is 10.6. The second-order valence-electron chi connectivity index (χ2n) is 11.3. The fraction of sp³-hybridized carbons (Fsp3) is 0.905. The number of amides is 2. The van der Waals surface area contributed by atoms with Gasteiger partial charge >= 0.3 is 6.09 Å². The molecule has 0 saturated carbocycles. The van der Waals surface area contributed by atoms with Crippen molar-refractivity contribution in [3.05, 3.63) is 0 Å². The van der Waals surface area contributed by atoms with Gasteiger partial charge in [-0.1, -0.05) is 20.8 Å². The molecule has 2 atom stereocenters. The topological polar surface area (TPSA) is 137 Å². The molecule has 0 spiro atoms. The summed E-state index contributed by atoms with van der Waals surface area (Å²) in [5.74, 6) is -0.588. The number of carbonyl (C=O) groups is 2. The first-order chi connectivity index (χ1) is 14.7. The molecule has 0 aliphatic carbocycles. The third kappa shape index (κ3) is 9.16. The minimum absolute atomic E-state index is 0.0429. The lowest BCUT2D eigenvalue weighted by atomic mass is 9.97. The molecule has 10 nitrogen and oxygen atoms in total. The van der Waals surface area contributed by atoms with E-state index in [4.69, 9.17) is 19.1 Å². The second-order valence-corrected chi connectivity index (χ2v) is 17.8. The lowest BCUT2D eigenvalue weighted by molar-refractivity contribution is -0.121. The van der Waals surface area contributed by atoms with E-state index in [1.807, 2.05) is 0 Å². The molecule has 2 amide bonds. The number of primary amides is 1. The maximum absolute atomic E-state index is 12.9. The minimum atomic E-state index is -3.75. The van der Waals surface area contributed by atoms with Gasteiger partial charge in [-0.15, -0.1) is 0 Å². The maximum atomic E-state index is 12.9. The number of ether oxygens (including phenoxy) is 1. The van der Waals surface area contributed by atoms with Crippen molar-refractivity contribution in [3.8, 4) is 0 Å². The van der Waals surface area contributed by atoms with Crippen molar-refractivity contribution in [2.45, 2.75) is 89.7 Å². The lowest BCUT2D eigenvalue weighted by Crippen LogP contribution is -2.60.